The normalized spacial score (nSPS) is 10.7. The van der Waals surface area contributed by atoms with Crippen LogP contribution in [0.3, 0.4) is 0 Å². The molecule has 0 N–H and O–H groups in total. The fraction of sp³-hybridized carbons (Fsp3) is 0. The second-order valence-corrected chi connectivity index (χ2v) is 8.10. The first-order chi connectivity index (χ1) is 6.16. The predicted molar refractivity (Wildman–Crippen MR) is 66.3 cm³/mol. The van der Waals surface area contributed by atoms with Crippen molar-refractivity contribution in [2.75, 3.05) is 0 Å². The molecule has 0 amide bonds. The minimum Gasteiger partial charge on any atom is -0.137 e. The van der Waals surface area contributed by atoms with Crippen LogP contribution < -0.4 is 0 Å². The first kappa shape index (κ1) is 10.2. The van der Waals surface area contributed by atoms with E-state index in [1.807, 2.05) is 6.07 Å². The van der Waals surface area contributed by atoms with Gasteiger partial charge in [-0.25, -0.2) is 0 Å². The SMILES string of the molecule is Brc1cc(-c2nnc(Br)s2)c(Br)s1. The number of hydrogen-bond donors (Lipinski definition) is 0. The summed E-state index contributed by atoms with van der Waals surface area (Å²) in [6.45, 7) is 0. The van der Waals surface area contributed by atoms with Crippen LogP contribution in [0.5, 0.6) is 0 Å². The van der Waals surface area contributed by atoms with Crippen LogP contribution in [0.15, 0.2) is 17.6 Å². The van der Waals surface area contributed by atoms with Crippen LogP contribution in [0.4, 0.5) is 0 Å². The molecule has 13 heavy (non-hydrogen) atoms. The summed E-state index contributed by atoms with van der Waals surface area (Å²) in [7, 11) is 0. The molecule has 68 valence electrons. The molecule has 0 aliphatic carbocycles. The van der Waals surface area contributed by atoms with Gasteiger partial charge in [-0.1, -0.05) is 11.3 Å². The van der Waals surface area contributed by atoms with Crippen LogP contribution in [-0.2, 0) is 0 Å². The molecule has 0 saturated heterocycles. The summed E-state index contributed by atoms with van der Waals surface area (Å²) < 4.78 is 2.96. The van der Waals surface area contributed by atoms with Crippen molar-refractivity contribution in [3.05, 3.63) is 17.6 Å². The fourth-order valence-electron chi connectivity index (χ4n) is 0.800. The van der Waals surface area contributed by atoms with E-state index in [0.717, 1.165) is 22.1 Å². The molecule has 0 aliphatic heterocycles. The summed E-state index contributed by atoms with van der Waals surface area (Å²) in [5.41, 5.74) is 1.08. The molecule has 0 fully saturated rings. The first-order valence-electron chi connectivity index (χ1n) is 3.11. The van der Waals surface area contributed by atoms with E-state index >= 15 is 0 Å². The van der Waals surface area contributed by atoms with Crippen molar-refractivity contribution < 1.29 is 0 Å². The standard InChI is InChI=1S/C6HBr3N2S2/c7-3-1-2(4(8)12-3)5-10-11-6(9)13-5/h1H. The Morgan fingerprint density at radius 3 is 2.31 bits per heavy atom. The quantitative estimate of drug-likeness (QED) is 0.696. The zero-order valence-electron chi connectivity index (χ0n) is 5.92. The number of thiophene rings is 1. The van der Waals surface area contributed by atoms with Gasteiger partial charge in [0.05, 0.1) is 7.57 Å². The third-order valence-electron chi connectivity index (χ3n) is 1.29. The third kappa shape index (κ3) is 2.20. The number of rotatable bonds is 1. The van der Waals surface area contributed by atoms with Crippen molar-refractivity contribution >= 4 is 70.5 Å². The summed E-state index contributed by atoms with van der Waals surface area (Å²) in [5.74, 6) is 0. The molecular weight excluding hydrogens is 404 g/mol. The van der Waals surface area contributed by atoms with Gasteiger partial charge in [0.25, 0.3) is 0 Å². The molecule has 2 aromatic rings. The van der Waals surface area contributed by atoms with Crippen molar-refractivity contribution in [1.29, 1.82) is 0 Å². The molecule has 0 spiro atoms. The van der Waals surface area contributed by atoms with E-state index in [1.54, 1.807) is 11.3 Å². The molecule has 0 saturated carbocycles. The molecule has 0 bridgehead atoms. The molecular formula is C6HBr3N2S2. The van der Waals surface area contributed by atoms with Gasteiger partial charge in [0.15, 0.2) is 8.92 Å². The second kappa shape index (κ2) is 4.06. The minimum atomic E-state index is 0.803. The zero-order chi connectivity index (χ0) is 9.42. The van der Waals surface area contributed by atoms with E-state index in [0.29, 0.717) is 0 Å². The maximum absolute atomic E-state index is 4.04. The van der Waals surface area contributed by atoms with Gasteiger partial charge >= 0.3 is 0 Å². The number of halogens is 3. The van der Waals surface area contributed by atoms with Crippen LogP contribution in [0.25, 0.3) is 10.6 Å². The summed E-state index contributed by atoms with van der Waals surface area (Å²) in [6.07, 6.45) is 0. The topological polar surface area (TPSA) is 25.8 Å². The average molecular weight is 405 g/mol. The first-order valence-corrected chi connectivity index (χ1v) is 7.12. The lowest BCUT2D eigenvalue weighted by Gasteiger charge is -1.87. The monoisotopic (exact) mass is 402 g/mol. The number of hydrogen-bond acceptors (Lipinski definition) is 4. The highest BCUT2D eigenvalue weighted by Crippen LogP contribution is 2.40. The van der Waals surface area contributed by atoms with Crippen molar-refractivity contribution in [3.8, 4) is 10.6 Å². The molecule has 0 aliphatic rings. The van der Waals surface area contributed by atoms with Gasteiger partial charge in [0.2, 0.25) is 0 Å². The van der Waals surface area contributed by atoms with Crippen molar-refractivity contribution in [1.82, 2.24) is 10.2 Å². The molecule has 2 nitrogen and oxygen atoms in total. The molecule has 2 aromatic heterocycles. The Morgan fingerprint density at radius 1 is 1.08 bits per heavy atom. The van der Waals surface area contributed by atoms with Crippen LogP contribution in [-0.4, -0.2) is 10.2 Å². The lowest BCUT2D eigenvalue weighted by Crippen LogP contribution is -1.72. The van der Waals surface area contributed by atoms with E-state index in [2.05, 4.69) is 58.0 Å². The smallest absolute Gasteiger partial charge is 0.137 e. The van der Waals surface area contributed by atoms with Gasteiger partial charge in [-0.15, -0.1) is 21.5 Å². The maximum atomic E-state index is 4.04. The Bertz CT molecular complexity index is 437. The van der Waals surface area contributed by atoms with Crippen LogP contribution >= 0.6 is 70.5 Å². The van der Waals surface area contributed by atoms with Gasteiger partial charge < -0.3 is 0 Å². The van der Waals surface area contributed by atoms with Gasteiger partial charge in [-0.3, -0.25) is 0 Å². The zero-order valence-corrected chi connectivity index (χ0v) is 12.3. The van der Waals surface area contributed by atoms with E-state index in [4.69, 9.17) is 0 Å². The van der Waals surface area contributed by atoms with E-state index < -0.39 is 0 Å². The predicted octanol–water partition coefficient (Wildman–Crippen LogP) is 4.55. The van der Waals surface area contributed by atoms with Crippen molar-refractivity contribution in [2.45, 2.75) is 0 Å². The van der Waals surface area contributed by atoms with Crippen LogP contribution in [0.1, 0.15) is 0 Å². The highest BCUT2D eigenvalue weighted by molar-refractivity contribution is 9.12. The molecule has 7 heteroatoms. The van der Waals surface area contributed by atoms with Crippen molar-refractivity contribution in [3.63, 3.8) is 0 Å². The summed E-state index contributed by atoms with van der Waals surface area (Å²) in [4.78, 5) is 0. The largest absolute Gasteiger partial charge is 0.183 e. The molecule has 2 rings (SSSR count). The Hall–Kier alpha value is 0.700. The van der Waals surface area contributed by atoms with Crippen LogP contribution in [0.2, 0.25) is 0 Å². The van der Waals surface area contributed by atoms with E-state index in [1.165, 1.54) is 11.3 Å². The minimum absolute atomic E-state index is 0.803. The van der Waals surface area contributed by atoms with Crippen molar-refractivity contribution in [2.24, 2.45) is 0 Å². The average Bonchev–Trinajstić information content (AvgIpc) is 2.58. The maximum Gasteiger partial charge on any atom is 0.183 e. The Labute approximate surface area is 108 Å². The Kier molecular flexibility index (Phi) is 3.19. The third-order valence-corrected chi connectivity index (χ3v) is 5.02. The van der Waals surface area contributed by atoms with E-state index in [-0.39, 0.29) is 0 Å². The molecule has 0 unspecified atom stereocenters. The van der Waals surface area contributed by atoms with Gasteiger partial charge in [-0.05, 0) is 53.9 Å². The van der Waals surface area contributed by atoms with Gasteiger partial charge in [0, 0.05) is 5.56 Å². The molecule has 2 heterocycles. The number of nitrogens with zero attached hydrogens (tertiary/aromatic N) is 2. The summed E-state index contributed by atoms with van der Waals surface area (Å²) >= 11 is 13.3. The Morgan fingerprint density at radius 2 is 1.85 bits per heavy atom. The fourth-order valence-corrected chi connectivity index (χ4v) is 4.93. The van der Waals surface area contributed by atoms with E-state index in [9.17, 15) is 0 Å². The Balaban J connectivity index is 2.51. The highest BCUT2D eigenvalue weighted by atomic mass is 79.9. The molecule has 0 aromatic carbocycles. The van der Waals surface area contributed by atoms with Gasteiger partial charge in [-0.2, -0.15) is 0 Å². The lowest BCUT2D eigenvalue weighted by molar-refractivity contribution is 1.08. The molecule has 0 atom stereocenters. The molecule has 0 radical (unpaired) electrons. The lowest BCUT2D eigenvalue weighted by atomic mass is 10.4. The second-order valence-electron chi connectivity index (χ2n) is 2.10. The van der Waals surface area contributed by atoms with Crippen LogP contribution in [0, 0.1) is 0 Å². The summed E-state index contributed by atoms with van der Waals surface area (Å²) in [5, 5.41) is 8.85. The van der Waals surface area contributed by atoms with Gasteiger partial charge in [0.1, 0.15) is 0 Å². The number of aromatic nitrogens is 2. The highest BCUT2D eigenvalue weighted by Gasteiger charge is 2.11. The summed E-state index contributed by atoms with van der Waals surface area (Å²) in [6, 6.07) is 2.03.